The molecule has 0 aliphatic heterocycles. The van der Waals surface area contributed by atoms with Gasteiger partial charge < -0.3 is 0 Å². The molecule has 0 spiro atoms. The van der Waals surface area contributed by atoms with Gasteiger partial charge in [0.1, 0.15) is 5.69 Å². The van der Waals surface area contributed by atoms with Crippen molar-refractivity contribution < 1.29 is 8.42 Å². The van der Waals surface area contributed by atoms with Crippen LogP contribution in [0.1, 0.15) is 5.56 Å². The van der Waals surface area contributed by atoms with Gasteiger partial charge in [0.15, 0.2) is 0 Å². The average molecular weight is 313 g/mol. The molecule has 0 amide bonds. The zero-order chi connectivity index (χ0) is 15.7. The Morgan fingerprint density at radius 3 is 2.27 bits per heavy atom. The highest BCUT2D eigenvalue weighted by molar-refractivity contribution is 7.89. The number of H-pyrrole nitrogens is 1. The lowest BCUT2D eigenvalue weighted by Gasteiger charge is -2.09. The number of nitrogens with two attached hydrogens (primary N) is 1. The number of nitrogens with zero attached hydrogens (tertiary/aromatic N) is 1. The van der Waals surface area contributed by atoms with Gasteiger partial charge in [0.2, 0.25) is 10.0 Å². The van der Waals surface area contributed by atoms with Crippen LogP contribution in [0, 0.1) is 6.92 Å². The van der Waals surface area contributed by atoms with E-state index < -0.39 is 10.0 Å². The predicted octanol–water partition coefficient (Wildman–Crippen LogP) is 2.70. The van der Waals surface area contributed by atoms with E-state index in [4.69, 9.17) is 5.14 Å². The van der Waals surface area contributed by atoms with E-state index in [1.807, 2.05) is 31.2 Å². The Kier molecular flexibility index (Phi) is 3.56. The molecular weight excluding hydrogens is 298 g/mol. The number of aromatic amines is 1. The van der Waals surface area contributed by atoms with E-state index in [2.05, 4.69) is 10.2 Å². The molecule has 3 aromatic rings. The van der Waals surface area contributed by atoms with Crippen molar-refractivity contribution in [3.63, 3.8) is 0 Å². The van der Waals surface area contributed by atoms with E-state index in [1.54, 1.807) is 24.4 Å². The van der Waals surface area contributed by atoms with Crippen LogP contribution in [0.25, 0.3) is 22.4 Å². The first kappa shape index (κ1) is 14.5. The van der Waals surface area contributed by atoms with Gasteiger partial charge in [-0.1, -0.05) is 42.5 Å². The SMILES string of the molecule is Cc1ccccc1-c1c[nH]nc1-c1ccccc1S(N)(=O)=O. The molecule has 6 heteroatoms. The van der Waals surface area contributed by atoms with Crippen molar-refractivity contribution >= 4 is 10.0 Å². The Bertz CT molecular complexity index is 930. The molecule has 0 radical (unpaired) electrons. The Balaban J connectivity index is 2.26. The monoisotopic (exact) mass is 313 g/mol. The smallest absolute Gasteiger partial charge is 0.238 e. The van der Waals surface area contributed by atoms with Crippen molar-refractivity contribution in [3.05, 3.63) is 60.3 Å². The van der Waals surface area contributed by atoms with Gasteiger partial charge in [-0.15, -0.1) is 0 Å². The third-order valence-electron chi connectivity index (χ3n) is 3.52. The number of benzene rings is 2. The summed E-state index contributed by atoms with van der Waals surface area (Å²) in [4.78, 5) is 0.0666. The molecule has 2 aromatic carbocycles. The first-order valence-corrected chi connectivity index (χ1v) is 8.25. The zero-order valence-electron chi connectivity index (χ0n) is 11.9. The van der Waals surface area contributed by atoms with Crippen LogP contribution in [0.2, 0.25) is 0 Å². The van der Waals surface area contributed by atoms with Crippen molar-refractivity contribution in [1.29, 1.82) is 0 Å². The number of nitrogens with one attached hydrogen (secondary N) is 1. The van der Waals surface area contributed by atoms with Crippen LogP contribution in [-0.4, -0.2) is 18.6 Å². The molecule has 22 heavy (non-hydrogen) atoms. The summed E-state index contributed by atoms with van der Waals surface area (Å²) in [6.45, 7) is 2.00. The predicted molar refractivity (Wildman–Crippen MR) is 85.6 cm³/mol. The van der Waals surface area contributed by atoms with Gasteiger partial charge in [0.25, 0.3) is 0 Å². The van der Waals surface area contributed by atoms with Gasteiger partial charge in [0, 0.05) is 17.3 Å². The van der Waals surface area contributed by atoms with Crippen LogP contribution in [0.4, 0.5) is 0 Å². The number of primary sulfonamides is 1. The van der Waals surface area contributed by atoms with Gasteiger partial charge in [-0.25, -0.2) is 13.6 Å². The van der Waals surface area contributed by atoms with Gasteiger partial charge in [0.05, 0.1) is 4.90 Å². The fourth-order valence-electron chi connectivity index (χ4n) is 2.49. The standard InChI is InChI=1S/C16H15N3O2S/c1-11-6-2-3-7-12(11)14-10-18-19-16(14)13-8-4-5-9-15(13)22(17,20)21/h2-10H,1H3,(H,18,19)(H2,17,20,21). The molecule has 0 fully saturated rings. The molecular formula is C16H15N3O2S. The summed E-state index contributed by atoms with van der Waals surface area (Å²) in [6.07, 6.45) is 1.76. The largest absolute Gasteiger partial charge is 0.284 e. The van der Waals surface area contributed by atoms with E-state index in [0.29, 0.717) is 11.3 Å². The zero-order valence-corrected chi connectivity index (χ0v) is 12.8. The maximum atomic E-state index is 11.8. The molecule has 1 aromatic heterocycles. The lowest BCUT2D eigenvalue weighted by molar-refractivity contribution is 0.598. The molecule has 1 heterocycles. The van der Waals surface area contributed by atoms with Gasteiger partial charge in [-0.2, -0.15) is 5.10 Å². The molecule has 5 nitrogen and oxygen atoms in total. The van der Waals surface area contributed by atoms with Crippen molar-refractivity contribution in [3.8, 4) is 22.4 Å². The Labute approximate surface area is 128 Å². The molecule has 3 N–H and O–H groups in total. The molecule has 0 bridgehead atoms. The van der Waals surface area contributed by atoms with Crippen molar-refractivity contribution in [1.82, 2.24) is 10.2 Å². The van der Waals surface area contributed by atoms with Crippen LogP contribution in [0.5, 0.6) is 0 Å². The first-order chi connectivity index (χ1) is 10.5. The number of rotatable bonds is 3. The van der Waals surface area contributed by atoms with E-state index in [1.165, 1.54) is 6.07 Å². The molecule has 112 valence electrons. The third-order valence-corrected chi connectivity index (χ3v) is 4.49. The first-order valence-electron chi connectivity index (χ1n) is 6.70. The summed E-state index contributed by atoms with van der Waals surface area (Å²) >= 11 is 0. The fourth-order valence-corrected chi connectivity index (χ4v) is 3.23. The number of hydrogen-bond donors (Lipinski definition) is 2. The van der Waals surface area contributed by atoms with Crippen LogP contribution < -0.4 is 5.14 Å². The lowest BCUT2D eigenvalue weighted by Crippen LogP contribution is -2.13. The quantitative estimate of drug-likeness (QED) is 0.779. The highest BCUT2D eigenvalue weighted by Gasteiger charge is 2.19. The van der Waals surface area contributed by atoms with E-state index >= 15 is 0 Å². The Hall–Kier alpha value is -2.44. The molecule has 0 aliphatic carbocycles. The molecule has 0 atom stereocenters. The fraction of sp³-hybridized carbons (Fsp3) is 0.0625. The summed E-state index contributed by atoms with van der Waals surface area (Å²) < 4.78 is 23.6. The second-order valence-electron chi connectivity index (χ2n) is 5.00. The molecule has 0 saturated carbocycles. The highest BCUT2D eigenvalue weighted by atomic mass is 32.2. The normalized spacial score (nSPS) is 11.5. The van der Waals surface area contributed by atoms with Gasteiger partial charge in [-0.3, -0.25) is 5.10 Å². The maximum Gasteiger partial charge on any atom is 0.238 e. The molecule has 0 aliphatic rings. The van der Waals surface area contributed by atoms with Crippen molar-refractivity contribution in [2.45, 2.75) is 11.8 Å². The average Bonchev–Trinajstić information content (AvgIpc) is 2.96. The second kappa shape index (κ2) is 5.40. The summed E-state index contributed by atoms with van der Waals surface area (Å²) in [5.74, 6) is 0. The van der Waals surface area contributed by atoms with Gasteiger partial charge in [-0.05, 0) is 24.1 Å². The number of sulfonamides is 1. The minimum absolute atomic E-state index is 0.0666. The summed E-state index contributed by atoms with van der Waals surface area (Å²) in [7, 11) is -3.82. The number of hydrogen-bond acceptors (Lipinski definition) is 3. The summed E-state index contributed by atoms with van der Waals surface area (Å²) in [6, 6.07) is 14.5. The molecule has 0 saturated heterocycles. The maximum absolute atomic E-state index is 11.8. The van der Waals surface area contributed by atoms with Crippen LogP contribution in [-0.2, 0) is 10.0 Å². The number of aryl methyl sites for hydroxylation is 1. The minimum Gasteiger partial charge on any atom is -0.284 e. The molecule has 0 unspecified atom stereocenters. The van der Waals surface area contributed by atoms with Crippen molar-refractivity contribution in [2.24, 2.45) is 5.14 Å². The molecule has 3 rings (SSSR count). The second-order valence-corrected chi connectivity index (χ2v) is 6.53. The number of aromatic nitrogens is 2. The van der Waals surface area contributed by atoms with Crippen molar-refractivity contribution in [2.75, 3.05) is 0 Å². The third kappa shape index (κ3) is 2.54. The van der Waals surface area contributed by atoms with Crippen LogP contribution >= 0.6 is 0 Å². The van der Waals surface area contributed by atoms with E-state index in [-0.39, 0.29) is 4.90 Å². The van der Waals surface area contributed by atoms with Gasteiger partial charge >= 0.3 is 0 Å². The van der Waals surface area contributed by atoms with Crippen LogP contribution in [0.3, 0.4) is 0 Å². The minimum atomic E-state index is -3.82. The Morgan fingerprint density at radius 1 is 0.955 bits per heavy atom. The Morgan fingerprint density at radius 2 is 1.59 bits per heavy atom. The van der Waals surface area contributed by atoms with E-state index in [9.17, 15) is 8.42 Å². The van der Waals surface area contributed by atoms with E-state index in [0.717, 1.165) is 16.7 Å². The summed E-state index contributed by atoms with van der Waals surface area (Å²) in [5.41, 5.74) is 3.98. The lowest BCUT2D eigenvalue weighted by atomic mass is 9.98. The topological polar surface area (TPSA) is 88.8 Å². The van der Waals surface area contributed by atoms with Crippen LogP contribution in [0.15, 0.2) is 59.6 Å². The highest BCUT2D eigenvalue weighted by Crippen LogP contribution is 2.34. The summed E-state index contributed by atoms with van der Waals surface area (Å²) in [5, 5.41) is 12.4.